The molecule has 0 radical (unpaired) electrons. The Labute approximate surface area is 164 Å². The van der Waals surface area contributed by atoms with Crippen LogP contribution in [0.5, 0.6) is 11.5 Å². The van der Waals surface area contributed by atoms with Crippen molar-refractivity contribution in [3.63, 3.8) is 0 Å². The highest BCUT2D eigenvalue weighted by molar-refractivity contribution is 5.91. The average Bonchev–Trinajstić information content (AvgIpc) is 2.73. The Morgan fingerprint density at radius 1 is 1.00 bits per heavy atom. The molecule has 146 valence electrons. The van der Waals surface area contributed by atoms with Crippen LogP contribution in [0.25, 0.3) is 0 Å². The Balaban J connectivity index is 1.33. The van der Waals surface area contributed by atoms with Gasteiger partial charge in [-0.25, -0.2) is 5.43 Å². The Kier molecular flexibility index (Phi) is 5.58. The minimum atomic E-state index is -0.0605. The van der Waals surface area contributed by atoms with Gasteiger partial charge < -0.3 is 10.1 Å². The largest absolute Gasteiger partial charge is 0.457 e. The molecule has 0 spiro atoms. The van der Waals surface area contributed by atoms with Crippen molar-refractivity contribution in [2.45, 2.75) is 38.1 Å². The third-order valence-electron chi connectivity index (χ3n) is 5.58. The fourth-order valence-electron chi connectivity index (χ4n) is 4.18. The van der Waals surface area contributed by atoms with E-state index in [1.807, 2.05) is 54.6 Å². The number of para-hydroxylation sites is 1. The maximum atomic E-state index is 12.5. The van der Waals surface area contributed by atoms with E-state index in [1.165, 1.54) is 0 Å². The van der Waals surface area contributed by atoms with Crippen molar-refractivity contribution in [1.82, 2.24) is 10.9 Å². The van der Waals surface area contributed by atoms with Gasteiger partial charge in [-0.05, 0) is 55.2 Å². The number of ether oxygens (including phenoxy) is 1. The van der Waals surface area contributed by atoms with Crippen LogP contribution >= 0.6 is 0 Å². The third-order valence-corrected chi connectivity index (χ3v) is 5.58. The number of anilines is 1. The molecule has 2 fully saturated rings. The van der Waals surface area contributed by atoms with E-state index >= 15 is 0 Å². The predicted octanol–water partition coefficient (Wildman–Crippen LogP) is 3.62. The minimum absolute atomic E-state index is 0.0244. The van der Waals surface area contributed by atoms with Crippen LogP contribution in [0.1, 0.15) is 32.1 Å². The van der Waals surface area contributed by atoms with Crippen LogP contribution in [-0.2, 0) is 9.59 Å². The molecule has 1 aliphatic carbocycles. The van der Waals surface area contributed by atoms with E-state index in [-0.39, 0.29) is 29.7 Å². The number of rotatable bonds is 5. The number of hydrazine groups is 1. The Morgan fingerprint density at radius 3 is 2.50 bits per heavy atom. The monoisotopic (exact) mass is 379 g/mol. The first-order valence-electron chi connectivity index (χ1n) is 9.87. The minimum Gasteiger partial charge on any atom is -0.457 e. The van der Waals surface area contributed by atoms with Crippen LogP contribution in [0.4, 0.5) is 5.69 Å². The number of amides is 2. The molecule has 1 aliphatic heterocycles. The standard InChI is InChI=1S/C22H25N3O3/c26-21(14-20-18-8-4-5-9-19(18)22(27)25-24-20)23-15-10-12-17(13-11-15)28-16-6-2-1-3-7-16/h1-3,6-7,10-13,18-20,24H,4-5,8-9,14H2,(H,23,26)(H,25,27). The van der Waals surface area contributed by atoms with Crippen LogP contribution in [0.2, 0.25) is 0 Å². The van der Waals surface area contributed by atoms with Crippen molar-refractivity contribution >= 4 is 17.5 Å². The van der Waals surface area contributed by atoms with E-state index in [0.717, 1.165) is 37.1 Å². The maximum Gasteiger partial charge on any atom is 0.237 e. The van der Waals surface area contributed by atoms with Crippen molar-refractivity contribution in [2.75, 3.05) is 5.32 Å². The van der Waals surface area contributed by atoms with Gasteiger partial charge in [0.1, 0.15) is 11.5 Å². The first-order valence-corrected chi connectivity index (χ1v) is 9.87. The van der Waals surface area contributed by atoms with Crippen LogP contribution in [-0.4, -0.2) is 17.9 Å². The lowest BCUT2D eigenvalue weighted by molar-refractivity contribution is -0.134. The normalized spacial score (nSPS) is 24.0. The second kappa shape index (κ2) is 8.44. The van der Waals surface area contributed by atoms with Gasteiger partial charge in [0.2, 0.25) is 11.8 Å². The summed E-state index contributed by atoms with van der Waals surface area (Å²) in [5.74, 6) is 1.75. The van der Waals surface area contributed by atoms with Gasteiger partial charge in [-0.2, -0.15) is 0 Å². The summed E-state index contributed by atoms with van der Waals surface area (Å²) in [6, 6.07) is 16.9. The summed E-state index contributed by atoms with van der Waals surface area (Å²) in [7, 11) is 0. The predicted molar refractivity (Wildman–Crippen MR) is 107 cm³/mol. The molecule has 0 aromatic heterocycles. The molecule has 2 aromatic carbocycles. The van der Waals surface area contributed by atoms with Gasteiger partial charge in [0.15, 0.2) is 0 Å². The zero-order valence-electron chi connectivity index (χ0n) is 15.7. The zero-order chi connectivity index (χ0) is 19.3. The molecule has 2 aliphatic rings. The van der Waals surface area contributed by atoms with Crippen molar-refractivity contribution in [3.8, 4) is 11.5 Å². The lowest BCUT2D eigenvalue weighted by Gasteiger charge is -2.40. The molecule has 2 amide bonds. The molecular weight excluding hydrogens is 354 g/mol. The van der Waals surface area contributed by atoms with E-state index in [2.05, 4.69) is 16.2 Å². The third kappa shape index (κ3) is 4.34. The second-order valence-electron chi connectivity index (χ2n) is 7.49. The van der Waals surface area contributed by atoms with Crippen molar-refractivity contribution < 1.29 is 14.3 Å². The molecule has 1 saturated carbocycles. The molecule has 3 unspecified atom stereocenters. The number of hydrogen-bond acceptors (Lipinski definition) is 4. The second-order valence-corrected chi connectivity index (χ2v) is 7.49. The summed E-state index contributed by atoms with van der Waals surface area (Å²) < 4.78 is 5.77. The molecule has 3 N–H and O–H groups in total. The molecule has 6 nitrogen and oxygen atoms in total. The number of nitrogens with one attached hydrogen (secondary N) is 3. The van der Waals surface area contributed by atoms with Crippen LogP contribution in [0.3, 0.4) is 0 Å². The molecule has 0 bridgehead atoms. The van der Waals surface area contributed by atoms with Gasteiger partial charge in [-0.1, -0.05) is 31.0 Å². The highest BCUT2D eigenvalue weighted by Crippen LogP contribution is 2.35. The first-order chi connectivity index (χ1) is 13.7. The Bertz CT molecular complexity index is 823. The van der Waals surface area contributed by atoms with Crippen LogP contribution in [0.15, 0.2) is 54.6 Å². The highest BCUT2D eigenvalue weighted by atomic mass is 16.5. The maximum absolute atomic E-state index is 12.5. The molecule has 1 saturated heterocycles. The summed E-state index contributed by atoms with van der Waals surface area (Å²) in [6.07, 6.45) is 4.46. The molecule has 2 aromatic rings. The lowest BCUT2D eigenvalue weighted by Crippen LogP contribution is -2.60. The Morgan fingerprint density at radius 2 is 1.71 bits per heavy atom. The fourth-order valence-corrected chi connectivity index (χ4v) is 4.18. The summed E-state index contributed by atoms with van der Waals surface area (Å²) >= 11 is 0. The van der Waals surface area contributed by atoms with E-state index in [1.54, 1.807) is 0 Å². The van der Waals surface area contributed by atoms with Gasteiger partial charge >= 0.3 is 0 Å². The van der Waals surface area contributed by atoms with E-state index in [4.69, 9.17) is 4.74 Å². The van der Waals surface area contributed by atoms with Crippen molar-refractivity contribution in [3.05, 3.63) is 54.6 Å². The summed E-state index contributed by atoms with van der Waals surface area (Å²) in [5.41, 5.74) is 6.51. The summed E-state index contributed by atoms with van der Waals surface area (Å²) in [6.45, 7) is 0. The van der Waals surface area contributed by atoms with E-state index in [0.29, 0.717) is 12.2 Å². The summed E-state index contributed by atoms with van der Waals surface area (Å²) in [4.78, 5) is 24.5. The molecule has 3 atom stereocenters. The number of benzene rings is 2. The van der Waals surface area contributed by atoms with Crippen LogP contribution < -0.4 is 20.9 Å². The van der Waals surface area contributed by atoms with E-state index < -0.39 is 0 Å². The molecule has 28 heavy (non-hydrogen) atoms. The van der Waals surface area contributed by atoms with Crippen molar-refractivity contribution in [2.24, 2.45) is 11.8 Å². The lowest BCUT2D eigenvalue weighted by atomic mass is 9.73. The quantitative estimate of drug-likeness (QED) is 0.741. The number of hydrogen-bond donors (Lipinski definition) is 3. The number of carbonyl (C=O) groups excluding carboxylic acids is 2. The average molecular weight is 379 g/mol. The fraction of sp³-hybridized carbons (Fsp3) is 0.364. The topological polar surface area (TPSA) is 79.5 Å². The SMILES string of the molecule is O=C(CC1NNC(=O)C2CCCCC12)Nc1ccc(Oc2ccccc2)cc1. The molecule has 6 heteroatoms. The smallest absolute Gasteiger partial charge is 0.237 e. The van der Waals surface area contributed by atoms with Gasteiger partial charge in [-0.15, -0.1) is 0 Å². The number of fused-ring (bicyclic) bond motifs is 1. The number of carbonyl (C=O) groups is 2. The van der Waals surface area contributed by atoms with Gasteiger partial charge in [0, 0.05) is 24.1 Å². The molecule has 1 heterocycles. The highest BCUT2D eigenvalue weighted by Gasteiger charge is 2.40. The van der Waals surface area contributed by atoms with Gasteiger partial charge in [0.05, 0.1) is 0 Å². The van der Waals surface area contributed by atoms with Crippen molar-refractivity contribution in [1.29, 1.82) is 0 Å². The molecule has 4 rings (SSSR count). The molecular formula is C22H25N3O3. The Hall–Kier alpha value is -2.86. The summed E-state index contributed by atoms with van der Waals surface area (Å²) in [5, 5.41) is 2.94. The zero-order valence-corrected chi connectivity index (χ0v) is 15.7. The van der Waals surface area contributed by atoms with Crippen LogP contribution in [0, 0.1) is 11.8 Å². The van der Waals surface area contributed by atoms with Gasteiger partial charge in [0.25, 0.3) is 0 Å². The first kappa shape index (κ1) is 18.5. The van der Waals surface area contributed by atoms with Gasteiger partial charge in [-0.3, -0.25) is 15.0 Å². The van der Waals surface area contributed by atoms with E-state index in [9.17, 15) is 9.59 Å².